The van der Waals surface area contributed by atoms with Gasteiger partial charge in [-0.05, 0) is 37.1 Å². The molecule has 1 N–H and O–H groups in total. The molecule has 0 amide bonds. The van der Waals surface area contributed by atoms with E-state index >= 15 is 0 Å². The Morgan fingerprint density at radius 1 is 1.24 bits per heavy atom. The standard InChI is InChI=1S/C15H14BrF2NO2/c16-9-5-13(17)15(18)14(6-9)20-8-12-4-3-11(21-12)7-19-10-1-2-10/h3-6,10,19H,1-2,7-8H2. The van der Waals surface area contributed by atoms with Gasteiger partial charge in [0.25, 0.3) is 0 Å². The first-order chi connectivity index (χ1) is 10.1. The van der Waals surface area contributed by atoms with Gasteiger partial charge in [0.2, 0.25) is 5.82 Å². The molecule has 6 heteroatoms. The summed E-state index contributed by atoms with van der Waals surface area (Å²) in [6.07, 6.45) is 2.43. The predicted octanol–water partition coefficient (Wildman–Crippen LogP) is 4.15. The molecule has 1 aliphatic carbocycles. The number of furan rings is 1. The normalized spacial score (nSPS) is 14.4. The number of rotatable bonds is 6. The average molecular weight is 358 g/mol. The van der Waals surface area contributed by atoms with Crippen molar-refractivity contribution in [3.05, 3.63) is 51.9 Å². The van der Waals surface area contributed by atoms with E-state index in [1.807, 2.05) is 6.07 Å². The maximum absolute atomic E-state index is 13.5. The molecule has 21 heavy (non-hydrogen) atoms. The van der Waals surface area contributed by atoms with Crippen LogP contribution in [0.15, 0.2) is 33.2 Å². The van der Waals surface area contributed by atoms with E-state index in [-0.39, 0.29) is 12.4 Å². The average Bonchev–Trinajstić information content (AvgIpc) is 3.17. The molecular weight excluding hydrogens is 344 g/mol. The van der Waals surface area contributed by atoms with Gasteiger partial charge in [0.15, 0.2) is 11.6 Å². The summed E-state index contributed by atoms with van der Waals surface area (Å²) >= 11 is 3.10. The van der Waals surface area contributed by atoms with E-state index in [0.717, 1.165) is 11.8 Å². The van der Waals surface area contributed by atoms with Gasteiger partial charge in [-0.3, -0.25) is 0 Å². The van der Waals surface area contributed by atoms with Crippen molar-refractivity contribution in [3.63, 3.8) is 0 Å². The molecule has 0 bridgehead atoms. The van der Waals surface area contributed by atoms with Crippen LogP contribution in [-0.4, -0.2) is 6.04 Å². The molecule has 1 aromatic heterocycles. The highest BCUT2D eigenvalue weighted by atomic mass is 79.9. The second-order valence-corrected chi connectivity index (χ2v) is 5.93. The first-order valence-electron chi connectivity index (χ1n) is 6.70. The summed E-state index contributed by atoms with van der Waals surface area (Å²) in [7, 11) is 0. The number of hydrogen-bond acceptors (Lipinski definition) is 3. The van der Waals surface area contributed by atoms with Crippen LogP contribution in [0.5, 0.6) is 5.75 Å². The largest absolute Gasteiger partial charge is 0.482 e. The molecule has 1 aromatic carbocycles. The summed E-state index contributed by atoms with van der Waals surface area (Å²) in [4.78, 5) is 0. The minimum atomic E-state index is -1.000. The minimum Gasteiger partial charge on any atom is -0.482 e. The van der Waals surface area contributed by atoms with Crippen molar-refractivity contribution in [2.24, 2.45) is 0 Å². The van der Waals surface area contributed by atoms with E-state index in [9.17, 15) is 8.78 Å². The third-order valence-electron chi connectivity index (χ3n) is 3.19. The number of hydrogen-bond donors (Lipinski definition) is 1. The van der Waals surface area contributed by atoms with Crippen LogP contribution in [0.25, 0.3) is 0 Å². The van der Waals surface area contributed by atoms with Gasteiger partial charge in [-0.15, -0.1) is 0 Å². The van der Waals surface area contributed by atoms with Crippen molar-refractivity contribution in [1.82, 2.24) is 5.32 Å². The Kier molecular flexibility index (Phi) is 4.26. The first kappa shape index (κ1) is 14.5. The molecule has 0 saturated heterocycles. The quantitative estimate of drug-likeness (QED) is 0.788. The van der Waals surface area contributed by atoms with Gasteiger partial charge in [0.05, 0.1) is 6.54 Å². The fourth-order valence-corrected chi connectivity index (χ4v) is 2.32. The molecular formula is C15H14BrF2NO2. The van der Waals surface area contributed by atoms with Crippen molar-refractivity contribution in [3.8, 4) is 5.75 Å². The third kappa shape index (κ3) is 3.83. The Morgan fingerprint density at radius 3 is 2.76 bits per heavy atom. The van der Waals surface area contributed by atoms with E-state index in [2.05, 4.69) is 21.2 Å². The number of halogens is 3. The molecule has 1 heterocycles. The zero-order valence-electron chi connectivity index (χ0n) is 11.2. The molecule has 1 fully saturated rings. The number of ether oxygens (including phenoxy) is 1. The lowest BCUT2D eigenvalue weighted by Crippen LogP contribution is -2.14. The van der Waals surface area contributed by atoms with Gasteiger partial charge in [-0.2, -0.15) is 4.39 Å². The molecule has 0 spiro atoms. The lowest BCUT2D eigenvalue weighted by molar-refractivity contribution is 0.250. The fraction of sp³-hybridized carbons (Fsp3) is 0.333. The van der Waals surface area contributed by atoms with Gasteiger partial charge in [0, 0.05) is 10.5 Å². The molecule has 1 saturated carbocycles. The second kappa shape index (κ2) is 6.15. The Morgan fingerprint density at radius 2 is 2.00 bits per heavy atom. The van der Waals surface area contributed by atoms with E-state index in [1.54, 1.807) is 6.07 Å². The minimum absolute atomic E-state index is 0.0518. The molecule has 0 aliphatic heterocycles. The van der Waals surface area contributed by atoms with Gasteiger partial charge in [-0.25, -0.2) is 4.39 Å². The van der Waals surface area contributed by atoms with Gasteiger partial charge < -0.3 is 14.5 Å². The van der Waals surface area contributed by atoms with E-state index in [0.29, 0.717) is 22.8 Å². The van der Waals surface area contributed by atoms with E-state index < -0.39 is 11.6 Å². The van der Waals surface area contributed by atoms with E-state index in [4.69, 9.17) is 9.15 Å². The molecule has 3 rings (SSSR count). The topological polar surface area (TPSA) is 34.4 Å². The monoisotopic (exact) mass is 357 g/mol. The number of nitrogens with one attached hydrogen (secondary N) is 1. The summed E-state index contributed by atoms with van der Waals surface area (Å²) in [6, 6.07) is 6.67. The Balaban J connectivity index is 1.59. The van der Waals surface area contributed by atoms with Crippen LogP contribution in [0.4, 0.5) is 8.78 Å². The lowest BCUT2D eigenvalue weighted by Gasteiger charge is -2.07. The maximum atomic E-state index is 13.5. The van der Waals surface area contributed by atoms with Crippen molar-refractivity contribution >= 4 is 15.9 Å². The first-order valence-corrected chi connectivity index (χ1v) is 7.49. The Bertz CT molecular complexity index is 641. The van der Waals surface area contributed by atoms with Gasteiger partial charge >= 0.3 is 0 Å². The van der Waals surface area contributed by atoms with Crippen LogP contribution >= 0.6 is 15.9 Å². The van der Waals surface area contributed by atoms with Crippen molar-refractivity contribution in [2.45, 2.75) is 32.0 Å². The highest BCUT2D eigenvalue weighted by molar-refractivity contribution is 9.10. The summed E-state index contributed by atoms with van der Waals surface area (Å²) < 4.78 is 38.0. The molecule has 3 nitrogen and oxygen atoms in total. The summed E-state index contributed by atoms with van der Waals surface area (Å²) in [5, 5.41) is 3.33. The Hall–Kier alpha value is -1.40. The lowest BCUT2D eigenvalue weighted by atomic mass is 10.3. The maximum Gasteiger partial charge on any atom is 0.200 e. The SMILES string of the molecule is Fc1cc(Br)cc(OCc2ccc(CNC3CC3)o2)c1F. The van der Waals surface area contributed by atoms with Crippen LogP contribution in [0.2, 0.25) is 0 Å². The molecule has 0 atom stereocenters. The molecule has 1 aliphatic rings. The van der Waals surface area contributed by atoms with Crippen LogP contribution in [0.3, 0.4) is 0 Å². The fourth-order valence-electron chi connectivity index (χ4n) is 1.91. The summed E-state index contributed by atoms with van der Waals surface area (Å²) in [5.74, 6) is -0.715. The summed E-state index contributed by atoms with van der Waals surface area (Å²) in [5.41, 5.74) is 0. The van der Waals surface area contributed by atoms with Crippen LogP contribution < -0.4 is 10.1 Å². The van der Waals surface area contributed by atoms with Crippen LogP contribution in [-0.2, 0) is 13.2 Å². The second-order valence-electron chi connectivity index (χ2n) is 5.01. The van der Waals surface area contributed by atoms with Crippen LogP contribution in [0.1, 0.15) is 24.4 Å². The highest BCUT2D eigenvalue weighted by Crippen LogP contribution is 2.26. The van der Waals surface area contributed by atoms with E-state index in [1.165, 1.54) is 18.9 Å². The highest BCUT2D eigenvalue weighted by Gasteiger charge is 2.20. The van der Waals surface area contributed by atoms with Crippen molar-refractivity contribution in [2.75, 3.05) is 0 Å². The van der Waals surface area contributed by atoms with Gasteiger partial charge in [0.1, 0.15) is 18.1 Å². The molecule has 0 unspecified atom stereocenters. The van der Waals surface area contributed by atoms with Crippen molar-refractivity contribution < 1.29 is 17.9 Å². The summed E-state index contributed by atoms with van der Waals surface area (Å²) in [6.45, 7) is 0.723. The molecule has 2 aromatic rings. The smallest absolute Gasteiger partial charge is 0.200 e. The van der Waals surface area contributed by atoms with Crippen LogP contribution in [0, 0.1) is 11.6 Å². The molecule has 112 valence electrons. The number of benzene rings is 1. The molecule has 0 radical (unpaired) electrons. The zero-order chi connectivity index (χ0) is 14.8. The zero-order valence-corrected chi connectivity index (χ0v) is 12.8. The predicted molar refractivity (Wildman–Crippen MR) is 77.0 cm³/mol. The Labute approximate surface area is 129 Å². The van der Waals surface area contributed by atoms with Gasteiger partial charge in [-0.1, -0.05) is 15.9 Å². The van der Waals surface area contributed by atoms with Crippen molar-refractivity contribution in [1.29, 1.82) is 0 Å². The third-order valence-corrected chi connectivity index (χ3v) is 3.65.